The Morgan fingerprint density at radius 3 is 2.41 bits per heavy atom. The third-order valence-electron chi connectivity index (χ3n) is 14.0. The number of aliphatic hydroxyl groups is 2. The van der Waals surface area contributed by atoms with E-state index in [4.69, 9.17) is 0 Å². The molecule has 39 heavy (non-hydrogen) atoms. The van der Waals surface area contributed by atoms with Crippen molar-refractivity contribution in [3.63, 3.8) is 0 Å². The van der Waals surface area contributed by atoms with E-state index in [1.165, 1.54) is 44.1 Å². The van der Waals surface area contributed by atoms with Crippen molar-refractivity contribution in [2.24, 2.45) is 50.2 Å². The van der Waals surface area contributed by atoms with Crippen molar-refractivity contribution in [3.8, 4) is 0 Å². The maximum atomic E-state index is 11.7. The molecule has 6 rings (SSSR count). The van der Waals surface area contributed by atoms with E-state index < -0.39 is 6.10 Å². The van der Waals surface area contributed by atoms with Gasteiger partial charge in [-0.1, -0.05) is 72.3 Å². The van der Waals surface area contributed by atoms with Crippen molar-refractivity contribution >= 4 is 6.08 Å². The van der Waals surface area contributed by atoms with Crippen LogP contribution in [-0.2, 0) is 0 Å². The van der Waals surface area contributed by atoms with E-state index in [1.54, 1.807) is 5.57 Å². The van der Waals surface area contributed by atoms with E-state index in [1.807, 2.05) is 18.5 Å². The van der Waals surface area contributed by atoms with E-state index in [9.17, 15) is 10.2 Å². The van der Waals surface area contributed by atoms with Crippen LogP contribution in [0.2, 0.25) is 0 Å². The van der Waals surface area contributed by atoms with Gasteiger partial charge in [-0.05, 0) is 120 Å². The van der Waals surface area contributed by atoms with Gasteiger partial charge in [-0.15, -0.1) is 0 Å². The molecular formula is C36H53NO2. The molecule has 0 amide bonds. The van der Waals surface area contributed by atoms with Crippen LogP contribution in [0.1, 0.15) is 112 Å². The molecule has 3 nitrogen and oxygen atoms in total. The highest BCUT2D eigenvalue weighted by Gasteiger charge is 2.68. The molecule has 1 aromatic heterocycles. The van der Waals surface area contributed by atoms with E-state index in [0.717, 1.165) is 24.8 Å². The first-order valence-electron chi connectivity index (χ1n) is 15.8. The average molecular weight is 532 g/mol. The minimum absolute atomic E-state index is 0.0850. The molecule has 0 aliphatic heterocycles. The van der Waals surface area contributed by atoms with E-state index >= 15 is 0 Å². The summed E-state index contributed by atoms with van der Waals surface area (Å²) in [4.78, 5) is 4.35. The highest BCUT2D eigenvalue weighted by molar-refractivity contribution is 5.54. The van der Waals surface area contributed by atoms with Crippen molar-refractivity contribution < 1.29 is 10.2 Å². The van der Waals surface area contributed by atoms with Crippen LogP contribution in [0.3, 0.4) is 0 Å². The Labute approximate surface area is 237 Å². The fraction of sp³-hybridized carbons (Fsp3) is 0.750. The molecule has 4 saturated carbocycles. The molecule has 8 atom stereocenters. The lowest BCUT2D eigenvalue weighted by Crippen LogP contribution is -2.65. The van der Waals surface area contributed by atoms with Crippen molar-refractivity contribution in [1.29, 1.82) is 0 Å². The van der Waals surface area contributed by atoms with Gasteiger partial charge < -0.3 is 10.2 Å². The first kappa shape index (κ1) is 27.7. The van der Waals surface area contributed by atoms with Crippen molar-refractivity contribution in [2.45, 2.75) is 112 Å². The maximum absolute atomic E-state index is 11.7. The fourth-order valence-electron chi connectivity index (χ4n) is 11.5. The first-order chi connectivity index (χ1) is 18.2. The Morgan fingerprint density at radius 2 is 1.72 bits per heavy atom. The van der Waals surface area contributed by atoms with Gasteiger partial charge in [0.1, 0.15) is 0 Å². The Bertz CT molecular complexity index is 1180. The Hall–Kier alpha value is -1.45. The molecule has 1 aromatic rings. The molecule has 5 aliphatic carbocycles. The van der Waals surface area contributed by atoms with Gasteiger partial charge in [0.25, 0.3) is 0 Å². The largest absolute Gasteiger partial charge is 0.396 e. The topological polar surface area (TPSA) is 53.4 Å². The Morgan fingerprint density at radius 1 is 0.974 bits per heavy atom. The molecule has 3 heteroatoms. The number of hydrogen-bond acceptors (Lipinski definition) is 3. The summed E-state index contributed by atoms with van der Waals surface area (Å²) in [7, 11) is 0. The van der Waals surface area contributed by atoms with Crippen LogP contribution < -0.4 is 0 Å². The van der Waals surface area contributed by atoms with Gasteiger partial charge in [-0.25, -0.2) is 0 Å². The van der Waals surface area contributed by atoms with Gasteiger partial charge in [0.2, 0.25) is 0 Å². The third kappa shape index (κ3) is 3.77. The average Bonchev–Trinajstić information content (AvgIpc) is 2.88. The summed E-state index contributed by atoms with van der Waals surface area (Å²) in [6.45, 7) is 17.7. The van der Waals surface area contributed by atoms with Crippen LogP contribution >= 0.6 is 0 Å². The highest BCUT2D eigenvalue weighted by atomic mass is 16.3. The molecule has 214 valence electrons. The quantitative estimate of drug-likeness (QED) is 0.378. The van der Waals surface area contributed by atoms with Crippen molar-refractivity contribution in [3.05, 3.63) is 47.3 Å². The molecule has 2 N–H and O–H groups in total. The van der Waals surface area contributed by atoms with Gasteiger partial charge in [-0.3, -0.25) is 4.98 Å². The van der Waals surface area contributed by atoms with Crippen LogP contribution in [0.15, 0.2) is 41.7 Å². The number of aliphatic hydroxyl groups excluding tert-OH is 2. The number of aromatic nitrogens is 1. The predicted octanol–water partition coefficient (Wildman–Crippen LogP) is 8.23. The molecule has 0 saturated heterocycles. The minimum Gasteiger partial charge on any atom is -0.396 e. The zero-order valence-corrected chi connectivity index (χ0v) is 25.7. The molecule has 0 unspecified atom stereocenters. The van der Waals surface area contributed by atoms with Gasteiger partial charge >= 0.3 is 0 Å². The number of hydrogen-bond donors (Lipinski definition) is 2. The molecule has 1 heterocycles. The van der Waals surface area contributed by atoms with E-state index in [0.29, 0.717) is 29.8 Å². The normalized spacial score (nSPS) is 47.3. The number of allylic oxidation sites excluding steroid dienone is 2. The van der Waals surface area contributed by atoms with Gasteiger partial charge in [-0.2, -0.15) is 0 Å². The molecule has 0 spiro atoms. The number of rotatable bonds is 2. The summed E-state index contributed by atoms with van der Waals surface area (Å²) in [6, 6.07) is 4.10. The van der Waals surface area contributed by atoms with Crippen LogP contribution in [0.25, 0.3) is 6.08 Å². The maximum Gasteiger partial charge on any atom is 0.0807 e. The third-order valence-corrected chi connectivity index (χ3v) is 14.0. The van der Waals surface area contributed by atoms with Crippen LogP contribution in [0.4, 0.5) is 0 Å². The number of pyridine rings is 1. The lowest BCUT2D eigenvalue weighted by molar-refractivity contribution is -0.191. The van der Waals surface area contributed by atoms with E-state index in [2.05, 4.69) is 71.7 Å². The Kier molecular flexibility index (Phi) is 6.23. The molecule has 5 aliphatic rings. The summed E-state index contributed by atoms with van der Waals surface area (Å²) in [6.07, 6.45) is 18.8. The second-order valence-corrected chi connectivity index (χ2v) is 16.6. The van der Waals surface area contributed by atoms with Gasteiger partial charge in [0, 0.05) is 24.4 Å². The second kappa shape index (κ2) is 8.78. The van der Waals surface area contributed by atoms with Gasteiger partial charge in [0.05, 0.1) is 6.10 Å². The summed E-state index contributed by atoms with van der Waals surface area (Å²) in [5.41, 5.74) is 4.78. The minimum atomic E-state index is -0.422. The second-order valence-electron chi connectivity index (χ2n) is 16.6. The molecule has 0 aromatic carbocycles. The molecular weight excluding hydrogens is 478 g/mol. The summed E-state index contributed by atoms with van der Waals surface area (Å²) < 4.78 is 0. The standard InChI is InChI=1S/C36H53NO2/c1-31(2)14-16-36(23-38)17-15-34(6)26(27(36)21-31)10-11-29-33(5)20-25(19-24-9-8-18-37-22-24)30(39)32(3,4)28(33)12-13-35(29,34)7/h8-10,18-19,22,27-30,38-39H,11-17,20-21,23H2,1-7H3/b25-19-/t27-,28-,29+,30-,33-,34+,35+,36+/m0/s1. The summed E-state index contributed by atoms with van der Waals surface area (Å²) in [5.74, 6) is 1.59. The van der Waals surface area contributed by atoms with Crippen LogP contribution in [-0.4, -0.2) is 27.9 Å². The molecule has 0 bridgehead atoms. The molecule has 0 radical (unpaired) electrons. The molecule has 4 fully saturated rings. The number of fused-ring (bicyclic) bond motifs is 7. The monoisotopic (exact) mass is 531 g/mol. The predicted molar refractivity (Wildman–Crippen MR) is 160 cm³/mol. The van der Waals surface area contributed by atoms with Crippen LogP contribution in [0.5, 0.6) is 0 Å². The lowest BCUT2D eigenvalue weighted by Gasteiger charge is -2.71. The first-order valence-corrected chi connectivity index (χ1v) is 15.8. The number of nitrogens with zero attached hydrogens (tertiary/aromatic N) is 1. The highest BCUT2D eigenvalue weighted by Crippen LogP contribution is 2.76. The van der Waals surface area contributed by atoms with Crippen molar-refractivity contribution in [1.82, 2.24) is 4.98 Å². The fourth-order valence-corrected chi connectivity index (χ4v) is 11.5. The summed E-state index contributed by atoms with van der Waals surface area (Å²) in [5, 5.41) is 22.5. The van der Waals surface area contributed by atoms with Crippen LogP contribution in [0, 0.1) is 50.2 Å². The SMILES string of the molecule is CC1(C)CC[C@]2(CO)CC[C@]3(C)C(=CC[C@@H]4[C@@]5(C)C/C(=C/c6cccnc6)[C@H](O)C(C)(C)[C@@H]5CC[C@]43C)[C@@H]2C1. The smallest absolute Gasteiger partial charge is 0.0807 e. The lowest BCUT2D eigenvalue weighted by atomic mass is 9.33. The van der Waals surface area contributed by atoms with E-state index in [-0.39, 0.29) is 27.1 Å². The van der Waals surface area contributed by atoms with Crippen molar-refractivity contribution in [2.75, 3.05) is 6.61 Å². The zero-order chi connectivity index (χ0) is 28.1. The Balaban J connectivity index is 1.43. The van der Waals surface area contributed by atoms with Gasteiger partial charge in [0.15, 0.2) is 0 Å². The zero-order valence-electron chi connectivity index (χ0n) is 25.7. The summed E-state index contributed by atoms with van der Waals surface area (Å²) >= 11 is 0.